The molecule has 5 nitrogen and oxygen atoms in total. The number of hydrogen-bond donors (Lipinski definition) is 1. The number of benzene rings is 1. The Morgan fingerprint density at radius 3 is 2.90 bits per heavy atom. The lowest BCUT2D eigenvalue weighted by atomic mass is 10.1. The molecule has 1 unspecified atom stereocenters. The fourth-order valence-electron chi connectivity index (χ4n) is 2.78. The third kappa shape index (κ3) is 2.06. The van der Waals surface area contributed by atoms with Gasteiger partial charge in [-0.1, -0.05) is 0 Å². The Morgan fingerprint density at radius 1 is 1.40 bits per heavy atom. The van der Waals surface area contributed by atoms with Crippen molar-refractivity contribution in [2.45, 2.75) is 13.0 Å². The summed E-state index contributed by atoms with van der Waals surface area (Å²) < 4.78 is 16.0. The van der Waals surface area contributed by atoms with E-state index in [4.69, 9.17) is 0 Å². The third-order valence-corrected chi connectivity index (χ3v) is 3.92. The number of nitrogens with one attached hydrogen (secondary N) is 1. The standard InChI is InChI=1S/C14H16FN3O2/c1-17-12-3-2-10(15)6-11(12)13(19)18(14(17)20)8-9-4-5-16-7-9/h2-3,6,9,16H,4-5,7-8H2,1H3. The van der Waals surface area contributed by atoms with Crippen LogP contribution >= 0.6 is 0 Å². The summed E-state index contributed by atoms with van der Waals surface area (Å²) in [4.78, 5) is 24.7. The Balaban J connectivity index is 2.21. The van der Waals surface area contributed by atoms with Crippen molar-refractivity contribution >= 4 is 10.9 Å². The van der Waals surface area contributed by atoms with Crippen LogP contribution < -0.4 is 16.6 Å². The van der Waals surface area contributed by atoms with Gasteiger partial charge in [-0.25, -0.2) is 9.18 Å². The van der Waals surface area contributed by atoms with Gasteiger partial charge in [-0.2, -0.15) is 0 Å². The van der Waals surface area contributed by atoms with E-state index in [2.05, 4.69) is 5.32 Å². The van der Waals surface area contributed by atoms with E-state index in [1.807, 2.05) is 0 Å². The molecule has 0 aliphatic carbocycles. The van der Waals surface area contributed by atoms with Gasteiger partial charge in [0, 0.05) is 13.6 Å². The van der Waals surface area contributed by atoms with Gasteiger partial charge in [0.1, 0.15) is 5.82 Å². The summed E-state index contributed by atoms with van der Waals surface area (Å²) in [6.07, 6.45) is 0.941. The van der Waals surface area contributed by atoms with E-state index in [-0.39, 0.29) is 17.0 Å². The van der Waals surface area contributed by atoms with Crippen LogP contribution in [0.15, 0.2) is 27.8 Å². The van der Waals surface area contributed by atoms with Crippen LogP contribution in [-0.2, 0) is 13.6 Å². The number of aryl methyl sites for hydroxylation is 1. The van der Waals surface area contributed by atoms with E-state index in [1.54, 1.807) is 7.05 Å². The molecule has 1 aromatic heterocycles. The maximum Gasteiger partial charge on any atom is 0.331 e. The van der Waals surface area contributed by atoms with Gasteiger partial charge < -0.3 is 5.32 Å². The molecular weight excluding hydrogens is 261 g/mol. The van der Waals surface area contributed by atoms with Crippen molar-refractivity contribution in [1.82, 2.24) is 14.5 Å². The summed E-state index contributed by atoms with van der Waals surface area (Å²) in [6, 6.07) is 3.92. The van der Waals surface area contributed by atoms with Gasteiger partial charge in [0.2, 0.25) is 0 Å². The minimum atomic E-state index is -0.470. The normalized spacial score (nSPS) is 18.8. The molecule has 1 atom stereocenters. The molecule has 1 N–H and O–H groups in total. The second-order valence-corrected chi connectivity index (χ2v) is 5.28. The molecule has 1 fully saturated rings. The van der Waals surface area contributed by atoms with Crippen molar-refractivity contribution in [2.24, 2.45) is 13.0 Å². The highest BCUT2D eigenvalue weighted by atomic mass is 19.1. The molecule has 2 aromatic rings. The van der Waals surface area contributed by atoms with Crippen molar-refractivity contribution in [3.05, 3.63) is 44.9 Å². The Kier molecular flexibility index (Phi) is 3.17. The minimum Gasteiger partial charge on any atom is -0.316 e. The van der Waals surface area contributed by atoms with Gasteiger partial charge in [-0.3, -0.25) is 13.9 Å². The zero-order valence-corrected chi connectivity index (χ0v) is 11.2. The van der Waals surface area contributed by atoms with Crippen molar-refractivity contribution < 1.29 is 4.39 Å². The first-order chi connectivity index (χ1) is 9.58. The summed E-state index contributed by atoms with van der Waals surface area (Å²) >= 11 is 0. The molecule has 0 amide bonds. The molecule has 0 radical (unpaired) electrons. The van der Waals surface area contributed by atoms with Gasteiger partial charge in [-0.05, 0) is 43.6 Å². The number of aromatic nitrogens is 2. The predicted molar refractivity (Wildman–Crippen MR) is 74.4 cm³/mol. The number of rotatable bonds is 2. The lowest BCUT2D eigenvalue weighted by Gasteiger charge is -2.13. The molecule has 20 heavy (non-hydrogen) atoms. The zero-order valence-electron chi connectivity index (χ0n) is 11.2. The fourth-order valence-corrected chi connectivity index (χ4v) is 2.78. The average molecular weight is 277 g/mol. The largest absolute Gasteiger partial charge is 0.331 e. The molecule has 6 heteroatoms. The second-order valence-electron chi connectivity index (χ2n) is 5.28. The van der Waals surface area contributed by atoms with Gasteiger partial charge in [-0.15, -0.1) is 0 Å². The van der Waals surface area contributed by atoms with E-state index in [1.165, 1.54) is 27.3 Å². The first-order valence-electron chi connectivity index (χ1n) is 6.67. The Morgan fingerprint density at radius 2 is 2.20 bits per heavy atom. The van der Waals surface area contributed by atoms with Crippen molar-refractivity contribution in [1.29, 1.82) is 0 Å². The number of nitrogens with zero attached hydrogens (tertiary/aromatic N) is 2. The maximum absolute atomic E-state index is 13.3. The number of hydrogen-bond acceptors (Lipinski definition) is 3. The van der Waals surface area contributed by atoms with Gasteiger partial charge in [0.05, 0.1) is 10.9 Å². The third-order valence-electron chi connectivity index (χ3n) is 3.92. The molecule has 0 spiro atoms. The molecule has 3 rings (SSSR count). The monoisotopic (exact) mass is 277 g/mol. The lowest BCUT2D eigenvalue weighted by molar-refractivity contribution is 0.452. The van der Waals surface area contributed by atoms with E-state index < -0.39 is 11.4 Å². The van der Waals surface area contributed by atoms with Crippen LogP contribution in [0, 0.1) is 11.7 Å². The molecule has 1 saturated heterocycles. The Labute approximate surface area is 114 Å². The highest BCUT2D eigenvalue weighted by molar-refractivity contribution is 5.77. The Bertz CT molecular complexity index is 772. The molecule has 1 aliphatic heterocycles. The van der Waals surface area contributed by atoms with E-state index in [0.29, 0.717) is 12.1 Å². The molecule has 2 heterocycles. The lowest BCUT2D eigenvalue weighted by Crippen LogP contribution is -2.41. The van der Waals surface area contributed by atoms with Gasteiger partial charge in [0.15, 0.2) is 0 Å². The summed E-state index contributed by atoms with van der Waals surface area (Å²) in [5.74, 6) is -0.200. The van der Waals surface area contributed by atoms with Crippen molar-refractivity contribution in [2.75, 3.05) is 13.1 Å². The fraction of sp³-hybridized carbons (Fsp3) is 0.429. The minimum absolute atomic E-state index is 0.248. The van der Waals surface area contributed by atoms with Crippen LogP contribution in [0.2, 0.25) is 0 Å². The highest BCUT2D eigenvalue weighted by Gasteiger charge is 2.19. The first-order valence-corrected chi connectivity index (χ1v) is 6.67. The quantitative estimate of drug-likeness (QED) is 0.867. The first kappa shape index (κ1) is 13.1. The van der Waals surface area contributed by atoms with E-state index in [9.17, 15) is 14.0 Å². The van der Waals surface area contributed by atoms with Crippen molar-refractivity contribution in [3.8, 4) is 0 Å². The molecule has 106 valence electrons. The zero-order chi connectivity index (χ0) is 14.3. The summed E-state index contributed by atoms with van der Waals surface area (Å²) in [6.45, 7) is 2.09. The summed E-state index contributed by atoms with van der Waals surface area (Å²) in [7, 11) is 1.60. The molecular formula is C14H16FN3O2. The number of halogens is 1. The van der Waals surface area contributed by atoms with Crippen LogP contribution in [0.1, 0.15) is 6.42 Å². The smallest absolute Gasteiger partial charge is 0.316 e. The van der Waals surface area contributed by atoms with Crippen LogP contribution in [-0.4, -0.2) is 22.2 Å². The predicted octanol–water partition coefficient (Wildman–Crippen LogP) is 0.449. The SMILES string of the molecule is Cn1c(=O)n(CC2CCNC2)c(=O)c2cc(F)ccc21. The van der Waals surface area contributed by atoms with E-state index in [0.717, 1.165) is 19.5 Å². The van der Waals surface area contributed by atoms with Crippen LogP contribution in [0.3, 0.4) is 0 Å². The highest BCUT2D eigenvalue weighted by Crippen LogP contribution is 2.12. The maximum atomic E-state index is 13.3. The molecule has 1 aliphatic rings. The van der Waals surface area contributed by atoms with Crippen LogP contribution in [0.4, 0.5) is 4.39 Å². The summed E-state index contributed by atoms with van der Waals surface area (Å²) in [5.41, 5.74) is -0.294. The van der Waals surface area contributed by atoms with Crippen LogP contribution in [0.25, 0.3) is 10.9 Å². The topological polar surface area (TPSA) is 56.0 Å². The number of fused-ring (bicyclic) bond motifs is 1. The Hall–Kier alpha value is -1.95. The van der Waals surface area contributed by atoms with Gasteiger partial charge in [0.25, 0.3) is 5.56 Å². The van der Waals surface area contributed by atoms with Crippen molar-refractivity contribution in [3.63, 3.8) is 0 Å². The van der Waals surface area contributed by atoms with E-state index >= 15 is 0 Å². The van der Waals surface area contributed by atoms with Crippen LogP contribution in [0.5, 0.6) is 0 Å². The molecule has 0 saturated carbocycles. The van der Waals surface area contributed by atoms with Gasteiger partial charge >= 0.3 is 5.69 Å². The second kappa shape index (κ2) is 4.86. The average Bonchev–Trinajstić information content (AvgIpc) is 2.94. The summed E-state index contributed by atoms with van der Waals surface area (Å²) in [5, 5.41) is 3.46. The molecule has 0 bridgehead atoms. The molecule has 1 aromatic carbocycles.